The second-order valence-electron chi connectivity index (χ2n) is 7.85. The fourth-order valence-corrected chi connectivity index (χ4v) is 4.88. The second-order valence-corrected chi connectivity index (χ2v) is 9.68. The molecule has 1 saturated heterocycles. The van der Waals surface area contributed by atoms with E-state index in [1.54, 1.807) is 54.5 Å². The zero-order valence-corrected chi connectivity index (χ0v) is 22.2. The van der Waals surface area contributed by atoms with Crippen molar-refractivity contribution in [2.75, 3.05) is 13.7 Å². The van der Waals surface area contributed by atoms with E-state index in [0.29, 0.717) is 43.8 Å². The number of amides is 1. The molecule has 1 N–H and O–H groups in total. The van der Waals surface area contributed by atoms with Gasteiger partial charge in [0.15, 0.2) is 16.7 Å². The Labute approximate surface area is 228 Å². The number of aromatic carboxylic acids is 1. The number of hydrogen-bond donors (Lipinski definition) is 1. The van der Waals surface area contributed by atoms with E-state index in [9.17, 15) is 9.59 Å². The molecule has 3 aromatic carbocycles. The van der Waals surface area contributed by atoms with E-state index < -0.39 is 5.97 Å². The maximum Gasteiger partial charge on any atom is 0.335 e. The Morgan fingerprint density at radius 1 is 1.05 bits per heavy atom. The lowest BCUT2D eigenvalue weighted by molar-refractivity contribution is -0.122. The van der Waals surface area contributed by atoms with Crippen LogP contribution in [0.1, 0.15) is 28.4 Å². The molecule has 0 bridgehead atoms. The first-order valence-electron chi connectivity index (χ1n) is 11.2. The SMILES string of the molecule is CCN1C(=O)C(=Cc2ccc(OCc3ccc(Cl)c(Cl)c3)c(OC)c2)SC1=Nc1ccc(C(=O)O)cc1. The number of halogens is 2. The van der Waals surface area contributed by atoms with Crippen molar-refractivity contribution in [3.05, 3.63) is 92.3 Å². The van der Waals surface area contributed by atoms with Crippen molar-refractivity contribution in [3.8, 4) is 11.5 Å². The zero-order chi connectivity index (χ0) is 26.5. The molecule has 0 aliphatic carbocycles. The number of carbonyl (C=O) groups is 2. The van der Waals surface area contributed by atoms with Gasteiger partial charge in [0.25, 0.3) is 5.91 Å². The monoisotopic (exact) mass is 556 g/mol. The number of thioether (sulfide) groups is 1. The number of likely N-dealkylation sites (N-methyl/N-ethyl adjacent to an activating group) is 1. The first kappa shape index (κ1) is 26.6. The summed E-state index contributed by atoms with van der Waals surface area (Å²) in [5.74, 6) is -0.105. The van der Waals surface area contributed by atoms with Crippen LogP contribution in [-0.4, -0.2) is 40.7 Å². The van der Waals surface area contributed by atoms with Gasteiger partial charge >= 0.3 is 5.97 Å². The molecular formula is C27H22Cl2N2O5S. The van der Waals surface area contributed by atoms with E-state index >= 15 is 0 Å². The fraction of sp³-hybridized carbons (Fsp3) is 0.148. The minimum atomic E-state index is -1.01. The van der Waals surface area contributed by atoms with E-state index in [0.717, 1.165) is 11.1 Å². The van der Waals surface area contributed by atoms with Crippen molar-refractivity contribution in [1.82, 2.24) is 4.90 Å². The summed E-state index contributed by atoms with van der Waals surface area (Å²) in [6.07, 6.45) is 1.77. The highest BCUT2D eigenvalue weighted by atomic mass is 35.5. The maximum absolute atomic E-state index is 13.0. The normalized spacial score (nSPS) is 15.5. The van der Waals surface area contributed by atoms with Crippen molar-refractivity contribution in [2.24, 2.45) is 4.99 Å². The van der Waals surface area contributed by atoms with Gasteiger partial charge in [-0.25, -0.2) is 9.79 Å². The van der Waals surface area contributed by atoms with Gasteiger partial charge in [-0.05, 0) is 84.4 Å². The maximum atomic E-state index is 13.0. The van der Waals surface area contributed by atoms with Crippen LogP contribution < -0.4 is 9.47 Å². The Kier molecular flexibility index (Phi) is 8.43. The van der Waals surface area contributed by atoms with E-state index in [1.165, 1.54) is 23.9 Å². The van der Waals surface area contributed by atoms with Gasteiger partial charge in [0, 0.05) is 6.54 Å². The van der Waals surface area contributed by atoms with Crippen molar-refractivity contribution in [3.63, 3.8) is 0 Å². The number of amidine groups is 1. The standard InChI is InChI=1S/C27H22Cl2N2O5S/c1-3-31-25(32)24(37-27(31)30-19-8-6-18(7-9-19)26(33)34)14-16-5-11-22(23(13-16)35-2)36-15-17-4-10-20(28)21(29)12-17/h4-14H,3,15H2,1-2H3,(H,33,34). The van der Waals surface area contributed by atoms with Crippen molar-refractivity contribution >= 4 is 63.8 Å². The van der Waals surface area contributed by atoms with Gasteiger partial charge in [0.1, 0.15) is 6.61 Å². The minimum Gasteiger partial charge on any atom is -0.493 e. The molecule has 0 atom stereocenters. The summed E-state index contributed by atoms with van der Waals surface area (Å²) in [6, 6.07) is 16.9. The third-order valence-electron chi connectivity index (χ3n) is 5.41. The van der Waals surface area contributed by atoms with Crippen molar-refractivity contribution in [2.45, 2.75) is 13.5 Å². The summed E-state index contributed by atoms with van der Waals surface area (Å²) in [6.45, 7) is 2.59. The molecule has 0 unspecified atom stereocenters. The highest BCUT2D eigenvalue weighted by Crippen LogP contribution is 2.36. The molecule has 4 rings (SSSR count). The number of nitrogens with zero attached hydrogens (tertiary/aromatic N) is 2. The summed E-state index contributed by atoms with van der Waals surface area (Å²) in [5, 5.41) is 10.5. The summed E-state index contributed by atoms with van der Waals surface area (Å²) in [5.41, 5.74) is 2.35. The quantitative estimate of drug-likeness (QED) is 0.303. The van der Waals surface area contributed by atoms with Crippen LogP contribution in [-0.2, 0) is 11.4 Å². The number of ether oxygens (including phenoxy) is 2. The molecule has 190 valence electrons. The lowest BCUT2D eigenvalue weighted by atomic mass is 10.1. The smallest absolute Gasteiger partial charge is 0.335 e. The number of carbonyl (C=O) groups excluding carboxylic acids is 1. The molecule has 0 aromatic heterocycles. The number of carboxylic acid groups (broad SMARTS) is 1. The van der Waals surface area contributed by atoms with Crippen molar-refractivity contribution in [1.29, 1.82) is 0 Å². The summed E-state index contributed by atoms with van der Waals surface area (Å²) in [4.78, 5) is 30.7. The van der Waals surface area contributed by atoms with Crippen LogP contribution in [0.4, 0.5) is 5.69 Å². The molecule has 1 aliphatic rings. The van der Waals surface area contributed by atoms with E-state index in [1.807, 2.05) is 19.1 Å². The summed E-state index contributed by atoms with van der Waals surface area (Å²) in [7, 11) is 1.55. The van der Waals surface area contributed by atoms with Gasteiger partial charge in [-0.15, -0.1) is 0 Å². The Hall–Kier alpha value is -3.46. The van der Waals surface area contributed by atoms with E-state index in [2.05, 4.69) is 4.99 Å². The zero-order valence-electron chi connectivity index (χ0n) is 19.9. The van der Waals surface area contributed by atoms with E-state index in [4.69, 9.17) is 37.8 Å². The fourth-order valence-electron chi connectivity index (χ4n) is 3.49. The lowest BCUT2D eigenvalue weighted by Crippen LogP contribution is -2.28. The van der Waals surface area contributed by atoms with Gasteiger partial charge in [0.2, 0.25) is 0 Å². The number of aliphatic imine (C=N–C) groups is 1. The molecule has 1 aliphatic heterocycles. The van der Waals surface area contributed by atoms with Crippen LogP contribution in [0, 0.1) is 0 Å². The number of hydrogen-bond acceptors (Lipinski definition) is 6. The third-order valence-corrected chi connectivity index (χ3v) is 7.15. The molecule has 1 heterocycles. The van der Waals surface area contributed by atoms with Crippen LogP contribution in [0.3, 0.4) is 0 Å². The van der Waals surface area contributed by atoms with Crippen molar-refractivity contribution < 1.29 is 24.2 Å². The Bertz CT molecular complexity index is 1410. The minimum absolute atomic E-state index is 0.160. The highest BCUT2D eigenvalue weighted by Gasteiger charge is 2.32. The second kappa shape index (κ2) is 11.7. The van der Waals surface area contributed by atoms with Gasteiger partial charge in [-0.1, -0.05) is 35.3 Å². The van der Waals surface area contributed by atoms with Crippen LogP contribution in [0.2, 0.25) is 10.0 Å². The topological polar surface area (TPSA) is 88.4 Å². The molecule has 1 fully saturated rings. The average molecular weight is 557 g/mol. The number of methoxy groups -OCH3 is 1. The number of benzene rings is 3. The number of carboxylic acids is 1. The van der Waals surface area contributed by atoms with Crippen LogP contribution in [0.15, 0.2) is 70.6 Å². The van der Waals surface area contributed by atoms with Gasteiger partial charge < -0.3 is 14.6 Å². The van der Waals surface area contributed by atoms with Crippen LogP contribution >= 0.6 is 35.0 Å². The Morgan fingerprint density at radius 2 is 1.81 bits per heavy atom. The molecule has 3 aromatic rings. The van der Waals surface area contributed by atoms with Gasteiger partial charge in [0.05, 0.1) is 33.3 Å². The van der Waals surface area contributed by atoms with E-state index in [-0.39, 0.29) is 18.1 Å². The highest BCUT2D eigenvalue weighted by molar-refractivity contribution is 8.18. The predicted octanol–water partition coefficient (Wildman–Crippen LogP) is 6.90. The third kappa shape index (κ3) is 6.28. The summed E-state index contributed by atoms with van der Waals surface area (Å²) >= 11 is 13.3. The molecular weight excluding hydrogens is 535 g/mol. The largest absolute Gasteiger partial charge is 0.493 e. The molecule has 10 heteroatoms. The molecule has 1 amide bonds. The molecule has 0 saturated carbocycles. The van der Waals surface area contributed by atoms with Gasteiger partial charge in [-0.3, -0.25) is 9.69 Å². The van der Waals surface area contributed by atoms with Crippen LogP contribution in [0.5, 0.6) is 11.5 Å². The van der Waals surface area contributed by atoms with Crippen LogP contribution in [0.25, 0.3) is 6.08 Å². The molecule has 7 nitrogen and oxygen atoms in total. The number of rotatable bonds is 8. The first-order valence-corrected chi connectivity index (χ1v) is 12.7. The van der Waals surface area contributed by atoms with Gasteiger partial charge in [-0.2, -0.15) is 0 Å². The Morgan fingerprint density at radius 3 is 2.46 bits per heavy atom. The molecule has 0 radical (unpaired) electrons. The first-order chi connectivity index (χ1) is 17.8. The summed E-state index contributed by atoms with van der Waals surface area (Å²) < 4.78 is 11.4. The molecule has 0 spiro atoms. The predicted molar refractivity (Wildman–Crippen MR) is 147 cm³/mol. The average Bonchev–Trinajstić information content (AvgIpc) is 3.18. The Balaban J connectivity index is 1.53. The molecule has 37 heavy (non-hydrogen) atoms. The lowest BCUT2D eigenvalue weighted by Gasteiger charge is -2.12.